The molecule has 0 fully saturated rings. The number of rotatable bonds is 6. The molecular formula is C10H11ClF3NO3S2. The number of aliphatic hydroxyl groups excluding tert-OH is 1. The van der Waals surface area contributed by atoms with E-state index in [9.17, 15) is 21.6 Å². The van der Waals surface area contributed by atoms with Crippen molar-refractivity contribution in [2.45, 2.75) is 17.0 Å². The van der Waals surface area contributed by atoms with Gasteiger partial charge in [0.25, 0.3) is 0 Å². The maximum atomic E-state index is 11.9. The summed E-state index contributed by atoms with van der Waals surface area (Å²) in [4.78, 5) is -0.275. The summed E-state index contributed by atoms with van der Waals surface area (Å²) in [6, 6.07) is 3.91. The average Bonchev–Trinajstić information content (AvgIpc) is 2.34. The third kappa shape index (κ3) is 5.49. The van der Waals surface area contributed by atoms with E-state index in [1.54, 1.807) is 0 Å². The summed E-state index contributed by atoms with van der Waals surface area (Å²) in [6.45, 7) is -0.754. The van der Waals surface area contributed by atoms with Gasteiger partial charge in [0.15, 0.2) is 0 Å². The zero-order chi connectivity index (χ0) is 15.4. The van der Waals surface area contributed by atoms with Crippen molar-refractivity contribution in [2.24, 2.45) is 0 Å². The van der Waals surface area contributed by atoms with Gasteiger partial charge in [-0.3, -0.25) is 0 Å². The quantitative estimate of drug-likeness (QED) is 0.774. The molecule has 0 saturated heterocycles. The van der Waals surface area contributed by atoms with E-state index in [-0.39, 0.29) is 34.8 Å². The number of hydrogen-bond donors (Lipinski definition) is 2. The molecule has 1 aromatic rings. The van der Waals surface area contributed by atoms with Crippen molar-refractivity contribution in [1.29, 1.82) is 0 Å². The lowest BCUT2D eigenvalue weighted by atomic mass is 10.2. The first kappa shape index (κ1) is 17.6. The van der Waals surface area contributed by atoms with Gasteiger partial charge in [-0.1, -0.05) is 17.7 Å². The summed E-state index contributed by atoms with van der Waals surface area (Å²) < 4.78 is 61.5. The highest BCUT2D eigenvalue weighted by atomic mass is 35.5. The Morgan fingerprint density at radius 1 is 1.35 bits per heavy atom. The zero-order valence-corrected chi connectivity index (χ0v) is 12.3. The van der Waals surface area contributed by atoms with E-state index in [4.69, 9.17) is 16.7 Å². The molecule has 0 saturated carbocycles. The fraction of sp³-hybridized carbons (Fsp3) is 0.400. The molecule has 0 aliphatic carbocycles. The molecule has 10 heteroatoms. The molecule has 0 radical (unpaired) electrons. The largest absolute Gasteiger partial charge is 0.441 e. The molecule has 4 nitrogen and oxygen atoms in total. The second kappa shape index (κ2) is 6.99. The highest BCUT2D eigenvalue weighted by molar-refractivity contribution is 8.00. The summed E-state index contributed by atoms with van der Waals surface area (Å²) in [5, 5.41) is 8.86. The van der Waals surface area contributed by atoms with Gasteiger partial charge in [0.1, 0.15) is 4.90 Å². The van der Waals surface area contributed by atoms with E-state index < -0.39 is 21.3 Å². The lowest BCUT2D eigenvalue weighted by molar-refractivity contribution is -0.0327. The molecule has 0 bridgehead atoms. The lowest BCUT2D eigenvalue weighted by Gasteiger charge is -2.10. The van der Waals surface area contributed by atoms with Crippen molar-refractivity contribution in [2.75, 3.05) is 12.3 Å². The van der Waals surface area contributed by atoms with E-state index >= 15 is 0 Å². The van der Waals surface area contributed by atoms with E-state index in [1.807, 2.05) is 4.72 Å². The molecular weight excluding hydrogens is 339 g/mol. The summed E-state index contributed by atoms with van der Waals surface area (Å²) in [7, 11) is -4.02. The Bertz CT molecular complexity index is 563. The zero-order valence-electron chi connectivity index (χ0n) is 9.95. The van der Waals surface area contributed by atoms with E-state index in [0.29, 0.717) is 5.56 Å². The molecule has 0 aromatic heterocycles. The van der Waals surface area contributed by atoms with Crippen LogP contribution >= 0.6 is 23.4 Å². The first-order chi connectivity index (χ1) is 9.15. The number of sulfonamides is 1. The molecule has 2 N–H and O–H groups in total. The van der Waals surface area contributed by atoms with Gasteiger partial charge in [0.05, 0.1) is 11.6 Å². The molecule has 20 heavy (non-hydrogen) atoms. The molecule has 0 spiro atoms. The SMILES string of the molecule is O=S(=O)(NCCSC(F)(F)F)c1cc(CO)ccc1Cl. The van der Waals surface area contributed by atoms with E-state index in [1.165, 1.54) is 18.2 Å². The number of halogens is 4. The van der Waals surface area contributed by atoms with Crippen LogP contribution in [0.4, 0.5) is 13.2 Å². The minimum Gasteiger partial charge on any atom is -0.392 e. The summed E-state index contributed by atoms with van der Waals surface area (Å²) in [6.07, 6.45) is 0. The van der Waals surface area contributed by atoms with Gasteiger partial charge >= 0.3 is 5.51 Å². The lowest BCUT2D eigenvalue weighted by Crippen LogP contribution is -2.27. The monoisotopic (exact) mass is 349 g/mol. The van der Waals surface area contributed by atoms with Crippen molar-refractivity contribution >= 4 is 33.4 Å². The Morgan fingerprint density at radius 3 is 2.55 bits per heavy atom. The van der Waals surface area contributed by atoms with Gasteiger partial charge in [0.2, 0.25) is 10.0 Å². The Morgan fingerprint density at radius 2 is 2.00 bits per heavy atom. The molecule has 1 aromatic carbocycles. The molecule has 0 heterocycles. The Hall–Kier alpha value is -0.480. The summed E-state index contributed by atoms with van der Waals surface area (Å²) in [5.74, 6) is -0.444. The molecule has 0 aliphatic heterocycles. The number of benzene rings is 1. The fourth-order valence-electron chi connectivity index (χ4n) is 1.27. The first-order valence-corrected chi connectivity index (χ1v) is 8.10. The molecule has 0 aliphatic rings. The van der Waals surface area contributed by atoms with Crippen LogP contribution in [0.2, 0.25) is 5.02 Å². The van der Waals surface area contributed by atoms with Crippen molar-refractivity contribution in [3.05, 3.63) is 28.8 Å². The van der Waals surface area contributed by atoms with Crippen molar-refractivity contribution in [3.8, 4) is 0 Å². The fourth-order valence-corrected chi connectivity index (χ4v) is 3.42. The first-order valence-electron chi connectivity index (χ1n) is 5.25. The van der Waals surface area contributed by atoms with Crippen LogP contribution < -0.4 is 4.72 Å². The molecule has 114 valence electrons. The molecule has 0 atom stereocenters. The van der Waals surface area contributed by atoms with Crippen molar-refractivity contribution in [3.63, 3.8) is 0 Å². The van der Waals surface area contributed by atoms with Gasteiger partial charge in [0, 0.05) is 12.3 Å². The highest BCUT2D eigenvalue weighted by Crippen LogP contribution is 2.29. The van der Waals surface area contributed by atoms with Gasteiger partial charge in [-0.05, 0) is 29.5 Å². The Kier molecular flexibility index (Phi) is 6.14. The van der Waals surface area contributed by atoms with Crippen molar-refractivity contribution < 1.29 is 26.7 Å². The van der Waals surface area contributed by atoms with Gasteiger partial charge in [-0.2, -0.15) is 13.2 Å². The third-order valence-corrected chi connectivity index (χ3v) is 4.81. The van der Waals surface area contributed by atoms with Crippen molar-refractivity contribution in [1.82, 2.24) is 4.72 Å². The van der Waals surface area contributed by atoms with Crippen LogP contribution in [0, 0.1) is 0 Å². The van der Waals surface area contributed by atoms with Crippen LogP contribution in [0.5, 0.6) is 0 Å². The minimum atomic E-state index is -4.40. The molecule has 1 rings (SSSR count). The number of thioether (sulfide) groups is 1. The summed E-state index contributed by atoms with van der Waals surface area (Å²) >= 11 is 5.42. The maximum Gasteiger partial charge on any atom is 0.441 e. The smallest absolute Gasteiger partial charge is 0.392 e. The third-order valence-electron chi connectivity index (χ3n) is 2.13. The van der Waals surface area contributed by atoms with Crippen LogP contribution in [0.3, 0.4) is 0 Å². The number of nitrogens with one attached hydrogen (secondary N) is 1. The van der Waals surface area contributed by atoms with E-state index in [2.05, 4.69) is 0 Å². The standard InChI is InChI=1S/C10H11ClF3NO3S2/c11-8-2-1-7(6-16)5-9(8)20(17,18)15-3-4-19-10(12,13)14/h1-2,5,15-16H,3-4,6H2. The molecule has 0 unspecified atom stereocenters. The molecule has 0 amide bonds. The Balaban J connectivity index is 2.74. The average molecular weight is 350 g/mol. The van der Waals surface area contributed by atoms with Gasteiger partial charge in [-0.25, -0.2) is 13.1 Å². The van der Waals surface area contributed by atoms with Crippen LogP contribution in [0.25, 0.3) is 0 Å². The van der Waals surface area contributed by atoms with Gasteiger partial charge in [-0.15, -0.1) is 0 Å². The van der Waals surface area contributed by atoms with Crippen LogP contribution in [-0.4, -0.2) is 31.3 Å². The number of alkyl halides is 3. The predicted octanol–water partition coefficient (Wildman–Crippen LogP) is 2.36. The second-order valence-corrected chi connectivity index (χ2v) is 6.92. The van der Waals surface area contributed by atoms with Gasteiger partial charge < -0.3 is 5.11 Å². The minimum absolute atomic E-state index is 0.0711. The second-order valence-electron chi connectivity index (χ2n) is 3.61. The maximum absolute atomic E-state index is 11.9. The Labute approximate surface area is 123 Å². The normalized spacial score (nSPS) is 12.7. The summed E-state index contributed by atoms with van der Waals surface area (Å²) in [5.41, 5.74) is -4.07. The van der Waals surface area contributed by atoms with E-state index in [0.717, 1.165) is 0 Å². The van der Waals surface area contributed by atoms with Crippen LogP contribution in [0.15, 0.2) is 23.1 Å². The highest BCUT2D eigenvalue weighted by Gasteiger charge is 2.28. The predicted molar refractivity (Wildman–Crippen MR) is 71.1 cm³/mol. The van der Waals surface area contributed by atoms with Crippen LogP contribution in [0.1, 0.15) is 5.56 Å². The number of hydrogen-bond acceptors (Lipinski definition) is 4. The number of aliphatic hydroxyl groups is 1. The topological polar surface area (TPSA) is 66.4 Å². The van der Waals surface area contributed by atoms with Crippen LogP contribution in [-0.2, 0) is 16.6 Å².